The molecule has 0 saturated heterocycles. The molecule has 0 radical (unpaired) electrons. The minimum atomic E-state index is 0.439. The summed E-state index contributed by atoms with van der Waals surface area (Å²) < 4.78 is 0. The summed E-state index contributed by atoms with van der Waals surface area (Å²) in [4.78, 5) is 0.439. The van der Waals surface area contributed by atoms with E-state index in [9.17, 15) is 0 Å². The third kappa shape index (κ3) is 2.96. The quantitative estimate of drug-likeness (QED) is 0.691. The maximum atomic E-state index is 3.80. The first-order valence-corrected chi connectivity index (χ1v) is 7.33. The highest BCUT2D eigenvalue weighted by Crippen LogP contribution is 2.33. The van der Waals surface area contributed by atoms with Crippen LogP contribution in [0.25, 0.3) is 0 Å². The molecule has 2 rings (SSSR count). The smallest absolute Gasteiger partial charge is 0.0424 e. The van der Waals surface area contributed by atoms with Crippen molar-refractivity contribution < 1.29 is 0 Å². The van der Waals surface area contributed by atoms with E-state index in [2.05, 4.69) is 70.0 Å². The van der Waals surface area contributed by atoms with Crippen LogP contribution in [0.15, 0.2) is 47.2 Å². The van der Waals surface area contributed by atoms with E-state index < -0.39 is 0 Å². The second-order valence-electron chi connectivity index (χ2n) is 4.13. The lowest BCUT2D eigenvalue weighted by Crippen LogP contribution is -2.06. The Bertz CT molecular complexity index is 408. The van der Waals surface area contributed by atoms with Crippen molar-refractivity contribution in [3.63, 3.8) is 0 Å². The summed E-state index contributed by atoms with van der Waals surface area (Å²) in [5.41, 5.74) is 2.81. The van der Waals surface area contributed by atoms with Gasteiger partial charge in [0.05, 0.1) is 0 Å². The lowest BCUT2D eigenvalue weighted by molar-refractivity contribution is 0.573. The molecule has 0 amide bonds. The fraction of sp³-hybridized carbons (Fsp3) is 0.286. The number of halogens is 1. The Balaban J connectivity index is 2.02. The molecule has 0 aliphatic carbocycles. The maximum absolute atomic E-state index is 3.80. The summed E-state index contributed by atoms with van der Waals surface area (Å²) in [7, 11) is 0. The van der Waals surface area contributed by atoms with Crippen LogP contribution in [0.4, 0.5) is 0 Å². The third-order valence-corrected chi connectivity index (χ3v) is 4.92. The molecule has 0 aliphatic rings. The summed E-state index contributed by atoms with van der Waals surface area (Å²) in [5, 5.41) is 4.38. The molecule has 0 N–H and O–H groups in total. The van der Waals surface area contributed by atoms with Gasteiger partial charge in [-0.3, -0.25) is 0 Å². The molecule has 84 valence electrons. The normalized spacial score (nSPS) is 14.6. The minimum absolute atomic E-state index is 0.439. The van der Waals surface area contributed by atoms with Crippen LogP contribution >= 0.6 is 27.3 Å². The molecule has 0 fully saturated rings. The number of hydrogen-bond donors (Lipinski definition) is 0. The van der Waals surface area contributed by atoms with E-state index in [1.807, 2.05) is 0 Å². The first-order chi connectivity index (χ1) is 7.77. The maximum Gasteiger partial charge on any atom is 0.0424 e. The molecule has 2 unspecified atom stereocenters. The number of benzene rings is 1. The molecule has 2 atom stereocenters. The Kier molecular flexibility index (Phi) is 4.19. The van der Waals surface area contributed by atoms with Gasteiger partial charge in [-0.2, -0.15) is 11.3 Å². The van der Waals surface area contributed by atoms with E-state index in [1.54, 1.807) is 11.3 Å². The van der Waals surface area contributed by atoms with Gasteiger partial charge < -0.3 is 0 Å². The van der Waals surface area contributed by atoms with E-state index >= 15 is 0 Å². The van der Waals surface area contributed by atoms with Gasteiger partial charge in [0, 0.05) is 4.83 Å². The predicted octanol–water partition coefficient (Wildman–Crippen LogP) is 5.06. The van der Waals surface area contributed by atoms with E-state index in [1.165, 1.54) is 11.1 Å². The highest BCUT2D eigenvalue weighted by Gasteiger charge is 2.16. The molecule has 0 spiro atoms. The van der Waals surface area contributed by atoms with Crippen molar-refractivity contribution in [3.05, 3.63) is 58.3 Å². The number of rotatable bonds is 4. The topological polar surface area (TPSA) is 0 Å². The average molecular weight is 295 g/mol. The SMILES string of the molecule is CC(Cc1ccsc1)C(Br)c1ccccc1. The zero-order valence-corrected chi connectivity index (χ0v) is 11.7. The fourth-order valence-electron chi connectivity index (χ4n) is 1.85. The molecule has 0 saturated carbocycles. The Hall–Kier alpha value is -0.600. The molecule has 0 nitrogen and oxygen atoms in total. The van der Waals surface area contributed by atoms with Crippen molar-refractivity contribution in [2.45, 2.75) is 18.2 Å². The van der Waals surface area contributed by atoms with Crippen molar-refractivity contribution in [1.82, 2.24) is 0 Å². The Morgan fingerprint density at radius 3 is 2.56 bits per heavy atom. The molecule has 16 heavy (non-hydrogen) atoms. The largest absolute Gasteiger partial charge is 0.152 e. The third-order valence-electron chi connectivity index (χ3n) is 2.76. The number of alkyl halides is 1. The second-order valence-corrected chi connectivity index (χ2v) is 5.89. The van der Waals surface area contributed by atoms with Crippen molar-refractivity contribution >= 4 is 27.3 Å². The van der Waals surface area contributed by atoms with Gasteiger partial charge in [0.1, 0.15) is 0 Å². The summed E-state index contributed by atoms with van der Waals surface area (Å²) in [6.07, 6.45) is 1.13. The Morgan fingerprint density at radius 1 is 1.19 bits per heavy atom. The first kappa shape index (κ1) is 11.9. The number of hydrogen-bond acceptors (Lipinski definition) is 1. The highest BCUT2D eigenvalue weighted by molar-refractivity contribution is 9.09. The Labute approximate surface area is 109 Å². The second kappa shape index (κ2) is 5.65. The molecule has 0 aliphatic heterocycles. The van der Waals surface area contributed by atoms with E-state index in [0.717, 1.165) is 6.42 Å². The van der Waals surface area contributed by atoms with E-state index in [4.69, 9.17) is 0 Å². The predicted molar refractivity (Wildman–Crippen MR) is 75.3 cm³/mol. The zero-order chi connectivity index (χ0) is 11.4. The van der Waals surface area contributed by atoms with Crippen LogP contribution in [0.1, 0.15) is 22.9 Å². The van der Waals surface area contributed by atoms with Gasteiger partial charge in [-0.25, -0.2) is 0 Å². The molecule has 2 heteroatoms. The van der Waals surface area contributed by atoms with Crippen LogP contribution in [0.3, 0.4) is 0 Å². The average Bonchev–Trinajstić information content (AvgIpc) is 2.82. The summed E-state index contributed by atoms with van der Waals surface area (Å²) in [6.45, 7) is 2.30. The summed E-state index contributed by atoms with van der Waals surface area (Å²) in [5.74, 6) is 0.608. The van der Waals surface area contributed by atoms with Crippen LogP contribution in [-0.2, 0) is 6.42 Å². The van der Waals surface area contributed by atoms with Gasteiger partial charge in [0.25, 0.3) is 0 Å². The van der Waals surface area contributed by atoms with Gasteiger partial charge in [0.2, 0.25) is 0 Å². The van der Waals surface area contributed by atoms with Gasteiger partial charge in [-0.15, -0.1) is 0 Å². The van der Waals surface area contributed by atoms with Crippen LogP contribution in [0.5, 0.6) is 0 Å². The van der Waals surface area contributed by atoms with E-state index in [0.29, 0.717) is 10.7 Å². The first-order valence-electron chi connectivity index (χ1n) is 5.47. The molecule has 1 heterocycles. The Morgan fingerprint density at radius 2 is 1.94 bits per heavy atom. The standard InChI is InChI=1S/C14H15BrS/c1-11(9-12-7-8-16-10-12)14(15)13-5-3-2-4-6-13/h2-8,10-11,14H,9H2,1H3. The summed E-state index contributed by atoms with van der Waals surface area (Å²) >= 11 is 5.57. The van der Waals surface area contributed by atoms with Gasteiger partial charge in [0.15, 0.2) is 0 Å². The van der Waals surface area contributed by atoms with Gasteiger partial charge in [-0.05, 0) is 40.3 Å². The van der Waals surface area contributed by atoms with Crippen molar-refractivity contribution in [1.29, 1.82) is 0 Å². The zero-order valence-electron chi connectivity index (χ0n) is 9.27. The number of thiophene rings is 1. The van der Waals surface area contributed by atoms with Gasteiger partial charge in [-0.1, -0.05) is 53.2 Å². The van der Waals surface area contributed by atoms with Crippen molar-refractivity contribution in [2.75, 3.05) is 0 Å². The molecule has 1 aromatic heterocycles. The molecular weight excluding hydrogens is 280 g/mol. The van der Waals surface area contributed by atoms with Crippen molar-refractivity contribution in [3.8, 4) is 0 Å². The highest BCUT2D eigenvalue weighted by atomic mass is 79.9. The monoisotopic (exact) mass is 294 g/mol. The van der Waals surface area contributed by atoms with Gasteiger partial charge >= 0.3 is 0 Å². The van der Waals surface area contributed by atoms with Crippen LogP contribution in [0.2, 0.25) is 0 Å². The molecule has 2 aromatic rings. The van der Waals surface area contributed by atoms with Crippen molar-refractivity contribution in [2.24, 2.45) is 5.92 Å². The molecular formula is C14H15BrS. The lowest BCUT2D eigenvalue weighted by atomic mass is 9.95. The minimum Gasteiger partial charge on any atom is -0.152 e. The van der Waals surface area contributed by atoms with E-state index in [-0.39, 0.29) is 0 Å². The van der Waals surface area contributed by atoms with Crippen LogP contribution in [0, 0.1) is 5.92 Å². The van der Waals surface area contributed by atoms with Crippen LogP contribution < -0.4 is 0 Å². The fourth-order valence-corrected chi connectivity index (χ4v) is 3.02. The summed E-state index contributed by atoms with van der Waals surface area (Å²) in [6, 6.07) is 12.8. The lowest BCUT2D eigenvalue weighted by Gasteiger charge is -2.18. The van der Waals surface area contributed by atoms with Crippen LogP contribution in [-0.4, -0.2) is 0 Å². The molecule has 0 bridgehead atoms. The molecule has 1 aromatic carbocycles.